The zero-order valence-corrected chi connectivity index (χ0v) is 16.6. The van der Waals surface area contributed by atoms with Crippen LogP contribution in [0.25, 0.3) is 0 Å². The molecule has 1 aromatic rings. The second-order valence-corrected chi connectivity index (χ2v) is 8.49. The van der Waals surface area contributed by atoms with Gasteiger partial charge in [0.1, 0.15) is 12.1 Å². The van der Waals surface area contributed by atoms with E-state index in [0.717, 1.165) is 44.5 Å². The maximum Gasteiger partial charge on any atom is 0.248 e. The zero-order chi connectivity index (χ0) is 19.8. The van der Waals surface area contributed by atoms with Crippen molar-refractivity contribution in [2.75, 3.05) is 33.7 Å². The van der Waals surface area contributed by atoms with E-state index in [0.29, 0.717) is 5.92 Å². The number of carbonyl (C=O) groups is 2. The molecule has 3 heterocycles. The monoisotopic (exact) mass is 390 g/mol. The van der Waals surface area contributed by atoms with Gasteiger partial charge in [-0.2, -0.15) is 0 Å². The summed E-state index contributed by atoms with van der Waals surface area (Å²) in [4.78, 5) is 29.7. The van der Waals surface area contributed by atoms with Crippen LogP contribution in [0.3, 0.4) is 0 Å². The molecule has 2 N–H and O–H groups in total. The van der Waals surface area contributed by atoms with Crippen LogP contribution in [0.4, 0.5) is 0 Å². The Morgan fingerprint density at radius 1 is 1.25 bits per heavy atom. The summed E-state index contributed by atoms with van der Waals surface area (Å²) in [5.74, 6) is 0.242. The molecule has 4 rings (SSSR count). The van der Waals surface area contributed by atoms with Crippen LogP contribution < -0.4 is 5.32 Å². The third-order valence-corrected chi connectivity index (χ3v) is 6.38. The van der Waals surface area contributed by atoms with Crippen molar-refractivity contribution in [3.8, 4) is 0 Å². The lowest BCUT2D eigenvalue weighted by molar-refractivity contribution is -0.143. The summed E-state index contributed by atoms with van der Waals surface area (Å²) < 4.78 is 1.72. The predicted octanol–water partition coefficient (Wildman–Crippen LogP) is -0.254. The van der Waals surface area contributed by atoms with Crippen LogP contribution in [0, 0.1) is 5.92 Å². The van der Waals surface area contributed by atoms with Crippen molar-refractivity contribution in [2.24, 2.45) is 5.92 Å². The highest BCUT2D eigenvalue weighted by Gasteiger charge is 2.44. The molecule has 9 nitrogen and oxygen atoms in total. The Labute approximate surface area is 165 Å². The van der Waals surface area contributed by atoms with Gasteiger partial charge in [-0.05, 0) is 51.7 Å². The molecular weight excluding hydrogens is 360 g/mol. The normalized spacial score (nSPS) is 27.8. The average molecular weight is 390 g/mol. The molecule has 3 atom stereocenters. The van der Waals surface area contributed by atoms with E-state index >= 15 is 0 Å². The number of nitrogens with zero attached hydrogens (tertiary/aromatic N) is 5. The molecule has 28 heavy (non-hydrogen) atoms. The molecule has 0 aromatic carbocycles. The molecule has 1 saturated carbocycles. The number of hydrogen-bond acceptors (Lipinski definition) is 6. The van der Waals surface area contributed by atoms with Crippen LogP contribution in [0.1, 0.15) is 49.8 Å². The number of amides is 2. The maximum absolute atomic E-state index is 13.6. The second kappa shape index (κ2) is 7.79. The number of aliphatic hydroxyl groups is 1. The van der Waals surface area contributed by atoms with Crippen LogP contribution in [-0.2, 0) is 9.59 Å². The molecule has 1 aromatic heterocycles. The zero-order valence-electron chi connectivity index (χ0n) is 16.6. The average Bonchev–Trinajstić information content (AvgIpc) is 3.30. The van der Waals surface area contributed by atoms with Crippen molar-refractivity contribution in [3.63, 3.8) is 0 Å². The van der Waals surface area contributed by atoms with Gasteiger partial charge in [-0.25, -0.2) is 4.68 Å². The first-order valence-electron chi connectivity index (χ1n) is 10.3. The van der Waals surface area contributed by atoms with Gasteiger partial charge in [0, 0.05) is 32.1 Å². The van der Waals surface area contributed by atoms with Gasteiger partial charge in [-0.15, -0.1) is 5.10 Å². The largest absolute Gasteiger partial charge is 0.391 e. The highest BCUT2D eigenvalue weighted by molar-refractivity contribution is 5.90. The van der Waals surface area contributed by atoms with Crippen LogP contribution in [0.15, 0.2) is 6.20 Å². The number of piperidine rings is 1. The topological polar surface area (TPSA) is 104 Å². The van der Waals surface area contributed by atoms with Crippen molar-refractivity contribution in [1.82, 2.24) is 30.1 Å². The minimum Gasteiger partial charge on any atom is -0.391 e. The predicted molar refractivity (Wildman–Crippen MR) is 101 cm³/mol. The fraction of sp³-hybridized carbons (Fsp3) is 0.789. The van der Waals surface area contributed by atoms with Crippen molar-refractivity contribution in [2.45, 2.75) is 56.2 Å². The van der Waals surface area contributed by atoms with E-state index < -0.39 is 18.2 Å². The van der Waals surface area contributed by atoms with Gasteiger partial charge in [0.15, 0.2) is 0 Å². The second-order valence-electron chi connectivity index (χ2n) is 8.49. The van der Waals surface area contributed by atoms with Crippen molar-refractivity contribution in [1.29, 1.82) is 0 Å². The lowest BCUT2D eigenvalue weighted by atomic mass is 9.88. The third-order valence-electron chi connectivity index (χ3n) is 6.38. The first-order chi connectivity index (χ1) is 13.5. The van der Waals surface area contributed by atoms with Crippen LogP contribution in [0.5, 0.6) is 0 Å². The van der Waals surface area contributed by atoms with E-state index in [1.807, 2.05) is 6.20 Å². The van der Waals surface area contributed by atoms with Crippen molar-refractivity contribution in [3.05, 3.63) is 11.9 Å². The number of likely N-dealkylation sites (tertiary alicyclic amines) is 2. The molecule has 1 aliphatic carbocycles. The minimum absolute atomic E-state index is 0.132. The van der Waals surface area contributed by atoms with E-state index in [1.54, 1.807) is 16.6 Å². The quantitative estimate of drug-likeness (QED) is 0.718. The van der Waals surface area contributed by atoms with E-state index in [-0.39, 0.29) is 30.7 Å². The Bertz CT molecular complexity index is 725. The Balaban J connectivity index is 1.61. The van der Waals surface area contributed by atoms with Gasteiger partial charge < -0.3 is 20.2 Å². The van der Waals surface area contributed by atoms with Gasteiger partial charge in [-0.1, -0.05) is 5.21 Å². The molecule has 0 bridgehead atoms. The number of likely N-dealkylation sites (N-methyl/N-ethyl adjacent to an activating group) is 1. The first-order valence-corrected chi connectivity index (χ1v) is 10.3. The molecule has 3 fully saturated rings. The molecule has 0 radical (unpaired) electrons. The summed E-state index contributed by atoms with van der Waals surface area (Å²) in [6, 6.07) is -1.11. The summed E-state index contributed by atoms with van der Waals surface area (Å²) >= 11 is 0. The maximum atomic E-state index is 13.6. The molecule has 3 aliphatic rings. The molecular formula is C19H30N6O3. The van der Waals surface area contributed by atoms with E-state index in [1.165, 1.54) is 0 Å². The van der Waals surface area contributed by atoms with E-state index in [9.17, 15) is 14.7 Å². The minimum atomic E-state index is -0.679. The summed E-state index contributed by atoms with van der Waals surface area (Å²) in [5, 5.41) is 21.4. The number of carbonyl (C=O) groups excluding carboxylic acids is 2. The SMILES string of the molecule is CNC(=O)C1CC(O)CN1C(=O)C(C1CCN(C)CC1)n1cc(C2CC2)nn1. The molecule has 2 saturated heterocycles. The number of aromatic nitrogens is 3. The van der Waals surface area contributed by atoms with Crippen LogP contribution in [0.2, 0.25) is 0 Å². The van der Waals surface area contributed by atoms with E-state index in [2.05, 4.69) is 27.6 Å². The van der Waals surface area contributed by atoms with E-state index in [4.69, 9.17) is 0 Å². The Kier molecular flexibility index (Phi) is 5.37. The van der Waals surface area contributed by atoms with Gasteiger partial charge in [0.25, 0.3) is 0 Å². The number of rotatable bonds is 5. The number of nitrogens with one attached hydrogen (secondary N) is 1. The number of β-amino-alcohol motifs (C(OH)–C–C–N with tert-alkyl or cyclic N) is 1. The molecule has 9 heteroatoms. The highest BCUT2D eigenvalue weighted by atomic mass is 16.3. The van der Waals surface area contributed by atoms with Gasteiger partial charge in [-0.3, -0.25) is 9.59 Å². The number of hydrogen-bond donors (Lipinski definition) is 2. The van der Waals surface area contributed by atoms with Crippen molar-refractivity contribution < 1.29 is 14.7 Å². The van der Waals surface area contributed by atoms with Gasteiger partial charge in [0.2, 0.25) is 11.8 Å². The van der Waals surface area contributed by atoms with Gasteiger partial charge >= 0.3 is 0 Å². The molecule has 154 valence electrons. The summed E-state index contributed by atoms with van der Waals surface area (Å²) in [6.07, 6.45) is 5.56. The third kappa shape index (κ3) is 3.77. The Morgan fingerprint density at radius 3 is 2.61 bits per heavy atom. The van der Waals surface area contributed by atoms with Crippen LogP contribution >= 0.6 is 0 Å². The van der Waals surface area contributed by atoms with Gasteiger partial charge in [0.05, 0.1) is 11.8 Å². The summed E-state index contributed by atoms with van der Waals surface area (Å²) in [5.41, 5.74) is 0.954. The lowest BCUT2D eigenvalue weighted by Gasteiger charge is -2.36. The number of aliphatic hydroxyl groups excluding tert-OH is 1. The fourth-order valence-corrected chi connectivity index (χ4v) is 4.51. The lowest BCUT2D eigenvalue weighted by Crippen LogP contribution is -2.49. The summed E-state index contributed by atoms with van der Waals surface area (Å²) in [6.45, 7) is 2.05. The smallest absolute Gasteiger partial charge is 0.248 e. The molecule has 2 amide bonds. The molecule has 3 unspecified atom stereocenters. The highest BCUT2D eigenvalue weighted by Crippen LogP contribution is 2.39. The Morgan fingerprint density at radius 2 is 1.96 bits per heavy atom. The summed E-state index contributed by atoms with van der Waals surface area (Å²) in [7, 11) is 3.65. The standard InChI is InChI=1S/C19H30N6O3/c1-20-18(27)16-9-14(26)10-24(16)19(28)17(13-5-7-23(2)8-6-13)25-11-15(21-22-25)12-3-4-12/h11-14,16-17,26H,3-10H2,1-2H3,(H,20,27). The van der Waals surface area contributed by atoms with Crippen LogP contribution in [-0.4, -0.2) is 87.6 Å². The van der Waals surface area contributed by atoms with Crippen molar-refractivity contribution >= 4 is 11.8 Å². The Hall–Kier alpha value is -2.00. The molecule has 2 aliphatic heterocycles. The molecule has 0 spiro atoms. The first kappa shape index (κ1) is 19.3. The fourth-order valence-electron chi connectivity index (χ4n) is 4.51.